The van der Waals surface area contributed by atoms with Crippen LogP contribution in [0.2, 0.25) is 0 Å². The summed E-state index contributed by atoms with van der Waals surface area (Å²) in [7, 11) is 0. The van der Waals surface area contributed by atoms with Crippen LogP contribution >= 0.6 is 0 Å². The first kappa shape index (κ1) is 13.3. The highest BCUT2D eigenvalue weighted by molar-refractivity contribution is 5.97. The summed E-state index contributed by atoms with van der Waals surface area (Å²) in [6, 6.07) is 10.1. The Labute approximate surface area is 126 Å². The lowest BCUT2D eigenvalue weighted by molar-refractivity contribution is -0.120. The molecule has 1 amide bonds. The number of para-hydroxylation sites is 1. The highest BCUT2D eigenvalue weighted by atomic mass is 16.2. The summed E-state index contributed by atoms with van der Waals surface area (Å²) >= 11 is 0. The van der Waals surface area contributed by atoms with Gasteiger partial charge in [0.15, 0.2) is 0 Å². The lowest BCUT2D eigenvalue weighted by Crippen LogP contribution is -2.35. The van der Waals surface area contributed by atoms with Crippen LogP contribution in [0.15, 0.2) is 30.3 Å². The van der Waals surface area contributed by atoms with E-state index in [1.807, 2.05) is 35.2 Å². The fourth-order valence-electron chi connectivity index (χ4n) is 5.06. The highest BCUT2D eigenvalue weighted by Gasteiger charge is 2.68. The van der Waals surface area contributed by atoms with Crippen molar-refractivity contribution in [3.8, 4) is 0 Å². The molecule has 1 aromatic rings. The average molecular weight is 284 g/mol. The first-order valence-electron chi connectivity index (χ1n) is 8.37. The van der Waals surface area contributed by atoms with Gasteiger partial charge in [-0.15, -0.1) is 0 Å². The number of rotatable bonds is 5. The number of fused-ring (bicyclic) bond motifs is 5. The van der Waals surface area contributed by atoms with Crippen molar-refractivity contribution in [3.63, 3.8) is 0 Å². The molecule has 2 bridgehead atoms. The zero-order valence-electron chi connectivity index (χ0n) is 12.4. The van der Waals surface area contributed by atoms with E-state index in [2.05, 4.69) is 0 Å². The molecule has 4 unspecified atom stereocenters. The van der Waals surface area contributed by atoms with Crippen LogP contribution in [-0.2, 0) is 4.79 Å². The van der Waals surface area contributed by atoms with Gasteiger partial charge in [-0.25, -0.2) is 0 Å². The second-order valence-corrected chi connectivity index (χ2v) is 6.98. The van der Waals surface area contributed by atoms with Crippen LogP contribution < -0.4 is 10.6 Å². The van der Waals surface area contributed by atoms with Gasteiger partial charge in [0.25, 0.3) is 0 Å². The van der Waals surface area contributed by atoms with E-state index in [0.29, 0.717) is 30.2 Å². The maximum atomic E-state index is 13.0. The number of benzene rings is 1. The smallest absolute Gasteiger partial charge is 0.230 e. The van der Waals surface area contributed by atoms with Gasteiger partial charge < -0.3 is 10.6 Å². The van der Waals surface area contributed by atoms with Crippen molar-refractivity contribution in [3.05, 3.63) is 30.3 Å². The fraction of sp³-hybridized carbons (Fsp3) is 0.611. The molecule has 1 aromatic carbocycles. The third-order valence-electron chi connectivity index (χ3n) is 5.94. The minimum atomic E-state index is 0.314. The first-order valence-corrected chi connectivity index (χ1v) is 8.37. The molecule has 3 aliphatic rings. The normalized spacial score (nSPS) is 35.6. The Hall–Kier alpha value is -1.35. The molecule has 4 rings (SSSR count). The van der Waals surface area contributed by atoms with E-state index >= 15 is 0 Å². The van der Waals surface area contributed by atoms with Gasteiger partial charge in [-0.05, 0) is 68.0 Å². The molecule has 21 heavy (non-hydrogen) atoms. The molecule has 0 radical (unpaired) electrons. The number of nitrogens with two attached hydrogens (primary N) is 1. The molecular weight excluding hydrogens is 260 g/mol. The highest BCUT2D eigenvalue weighted by Crippen LogP contribution is 2.69. The van der Waals surface area contributed by atoms with Crippen molar-refractivity contribution >= 4 is 11.6 Å². The first-order chi connectivity index (χ1) is 10.3. The van der Waals surface area contributed by atoms with Crippen LogP contribution in [0, 0.1) is 29.6 Å². The van der Waals surface area contributed by atoms with Crippen LogP contribution in [0.4, 0.5) is 5.69 Å². The van der Waals surface area contributed by atoms with Crippen molar-refractivity contribution in [1.82, 2.24) is 0 Å². The second kappa shape index (κ2) is 5.13. The zero-order chi connectivity index (χ0) is 14.4. The van der Waals surface area contributed by atoms with Crippen molar-refractivity contribution < 1.29 is 4.79 Å². The summed E-state index contributed by atoms with van der Waals surface area (Å²) in [6.07, 6.45) is 5.00. The number of nitrogens with zero attached hydrogens (tertiary/aromatic N) is 1. The number of carbonyl (C=O) groups excluding carboxylic acids is 1. The van der Waals surface area contributed by atoms with Crippen LogP contribution in [-0.4, -0.2) is 19.0 Å². The molecule has 3 aliphatic carbocycles. The third kappa shape index (κ3) is 2.10. The van der Waals surface area contributed by atoms with Gasteiger partial charge in [0.05, 0.1) is 0 Å². The summed E-state index contributed by atoms with van der Waals surface area (Å²) < 4.78 is 0. The molecule has 3 nitrogen and oxygen atoms in total. The predicted octanol–water partition coefficient (Wildman–Crippen LogP) is 2.66. The van der Waals surface area contributed by atoms with Crippen molar-refractivity contribution in [2.45, 2.75) is 25.7 Å². The van der Waals surface area contributed by atoms with E-state index in [-0.39, 0.29) is 0 Å². The Bertz CT molecular complexity index is 513. The quantitative estimate of drug-likeness (QED) is 0.903. The van der Waals surface area contributed by atoms with E-state index < -0.39 is 0 Å². The Kier molecular flexibility index (Phi) is 3.26. The van der Waals surface area contributed by atoms with E-state index in [9.17, 15) is 4.79 Å². The van der Waals surface area contributed by atoms with E-state index in [1.54, 1.807) is 0 Å². The minimum Gasteiger partial charge on any atom is -0.330 e. The molecule has 3 heteroatoms. The molecule has 2 N–H and O–H groups in total. The molecule has 0 aliphatic heterocycles. The van der Waals surface area contributed by atoms with Crippen molar-refractivity contribution in [1.29, 1.82) is 0 Å². The molecule has 0 aromatic heterocycles. The number of hydrogen-bond donors (Lipinski definition) is 1. The van der Waals surface area contributed by atoms with Crippen molar-refractivity contribution in [2.24, 2.45) is 35.3 Å². The summed E-state index contributed by atoms with van der Waals surface area (Å²) in [5.41, 5.74) is 6.69. The Morgan fingerprint density at radius 2 is 1.81 bits per heavy atom. The standard InChI is InChI=1S/C18H24N2O/c19-9-4-10-20(14-5-2-1-3-6-14)18(21)17-15-12-7-8-13(11-12)16(15)17/h1-3,5-6,12-13,15-17H,4,7-11,19H2. The topological polar surface area (TPSA) is 46.3 Å². The molecule has 3 fully saturated rings. The fourth-order valence-corrected chi connectivity index (χ4v) is 5.06. The molecule has 0 spiro atoms. The molecular formula is C18H24N2O. The molecule has 0 heterocycles. The minimum absolute atomic E-state index is 0.314. The van der Waals surface area contributed by atoms with Crippen LogP contribution in [0.5, 0.6) is 0 Å². The van der Waals surface area contributed by atoms with Gasteiger partial charge in [0, 0.05) is 18.2 Å². The van der Waals surface area contributed by atoms with Gasteiger partial charge in [-0.3, -0.25) is 4.79 Å². The number of hydrogen-bond acceptors (Lipinski definition) is 2. The van der Waals surface area contributed by atoms with E-state index in [4.69, 9.17) is 5.73 Å². The van der Waals surface area contributed by atoms with Gasteiger partial charge in [-0.2, -0.15) is 0 Å². The summed E-state index contributed by atoms with van der Waals surface area (Å²) in [6.45, 7) is 1.39. The Morgan fingerprint density at radius 1 is 1.14 bits per heavy atom. The van der Waals surface area contributed by atoms with Crippen LogP contribution in [0.3, 0.4) is 0 Å². The van der Waals surface area contributed by atoms with Gasteiger partial charge in [0.2, 0.25) is 5.91 Å². The maximum absolute atomic E-state index is 13.0. The molecule has 4 atom stereocenters. The number of carbonyl (C=O) groups is 1. The van der Waals surface area contributed by atoms with Gasteiger partial charge in [0.1, 0.15) is 0 Å². The van der Waals surface area contributed by atoms with Gasteiger partial charge >= 0.3 is 0 Å². The Balaban J connectivity index is 1.53. The maximum Gasteiger partial charge on any atom is 0.230 e. The number of amides is 1. The third-order valence-corrected chi connectivity index (χ3v) is 5.94. The van der Waals surface area contributed by atoms with Gasteiger partial charge in [-0.1, -0.05) is 18.2 Å². The Morgan fingerprint density at radius 3 is 2.43 bits per heavy atom. The molecule has 0 saturated heterocycles. The second-order valence-electron chi connectivity index (χ2n) is 6.98. The largest absolute Gasteiger partial charge is 0.330 e. The lowest BCUT2D eigenvalue weighted by Gasteiger charge is -2.24. The molecule has 3 saturated carbocycles. The molecule has 112 valence electrons. The van der Waals surface area contributed by atoms with E-state index in [1.165, 1.54) is 19.3 Å². The summed E-state index contributed by atoms with van der Waals surface area (Å²) in [5.74, 6) is 3.79. The average Bonchev–Trinajstić information content (AvgIpc) is 2.96. The zero-order valence-corrected chi connectivity index (χ0v) is 12.4. The predicted molar refractivity (Wildman–Crippen MR) is 83.8 cm³/mol. The summed E-state index contributed by atoms with van der Waals surface area (Å²) in [4.78, 5) is 15.0. The van der Waals surface area contributed by atoms with Crippen LogP contribution in [0.1, 0.15) is 25.7 Å². The summed E-state index contributed by atoms with van der Waals surface area (Å²) in [5, 5.41) is 0. The van der Waals surface area contributed by atoms with Crippen LogP contribution in [0.25, 0.3) is 0 Å². The number of anilines is 1. The SMILES string of the molecule is NCCCN(C(=O)C1C2C3CCC(C3)C12)c1ccccc1. The lowest BCUT2D eigenvalue weighted by atomic mass is 10.0. The van der Waals surface area contributed by atoms with E-state index in [0.717, 1.165) is 30.5 Å². The van der Waals surface area contributed by atoms with Crippen molar-refractivity contribution in [2.75, 3.05) is 18.0 Å². The monoisotopic (exact) mass is 284 g/mol.